The molecule has 0 fully saturated rings. The Morgan fingerprint density at radius 2 is 1.94 bits per heavy atom. The standard InChI is InChI=1S/C13H20O3Si/c1-10(9-17(2)3)8-16-13(15)11-4-6-12(14)7-5-11/h4-7,10,14,17H,8-9H2,1-3H3. The molecule has 0 aliphatic carbocycles. The number of hydrogen-bond acceptors (Lipinski definition) is 3. The summed E-state index contributed by atoms with van der Waals surface area (Å²) in [7, 11) is -0.596. The zero-order chi connectivity index (χ0) is 12.8. The molecule has 1 atom stereocenters. The molecular formula is C13H20O3Si. The number of phenols is 1. The van der Waals surface area contributed by atoms with Crippen molar-refractivity contribution in [2.75, 3.05) is 6.61 Å². The van der Waals surface area contributed by atoms with Crippen LogP contribution in [0.15, 0.2) is 24.3 Å². The van der Waals surface area contributed by atoms with Gasteiger partial charge in [0.05, 0.1) is 12.2 Å². The number of aromatic hydroxyl groups is 1. The minimum absolute atomic E-state index is 0.153. The summed E-state index contributed by atoms with van der Waals surface area (Å²) in [6.45, 7) is 7.17. The van der Waals surface area contributed by atoms with Crippen molar-refractivity contribution in [1.29, 1.82) is 0 Å². The van der Waals surface area contributed by atoms with Crippen LogP contribution in [0.1, 0.15) is 17.3 Å². The molecule has 1 aromatic rings. The van der Waals surface area contributed by atoms with Crippen molar-refractivity contribution < 1.29 is 14.6 Å². The molecular weight excluding hydrogens is 232 g/mol. The first-order valence-corrected chi connectivity index (χ1v) is 9.07. The fraction of sp³-hybridized carbons (Fsp3) is 0.462. The summed E-state index contributed by atoms with van der Waals surface area (Å²) in [5, 5.41) is 9.11. The molecule has 1 unspecified atom stereocenters. The lowest BCUT2D eigenvalue weighted by molar-refractivity contribution is 0.0458. The molecule has 0 radical (unpaired) electrons. The fourth-order valence-electron chi connectivity index (χ4n) is 1.77. The molecule has 0 aromatic heterocycles. The molecule has 0 heterocycles. The van der Waals surface area contributed by atoms with E-state index in [0.717, 1.165) is 0 Å². The third-order valence-electron chi connectivity index (χ3n) is 2.48. The van der Waals surface area contributed by atoms with Crippen molar-refractivity contribution in [2.45, 2.75) is 26.1 Å². The van der Waals surface area contributed by atoms with E-state index in [0.29, 0.717) is 18.1 Å². The van der Waals surface area contributed by atoms with Crippen LogP contribution in [-0.4, -0.2) is 26.5 Å². The lowest BCUT2D eigenvalue weighted by Gasteiger charge is -2.13. The van der Waals surface area contributed by atoms with E-state index < -0.39 is 8.80 Å². The van der Waals surface area contributed by atoms with Crippen LogP contribution in [0.5, 0.6) is 5.75 Å². The maximum atomic E-state index is 11.7. The molecule has 0 aliphatic rings. The largest absolute Gasteiger partial charge is 0.508 e. The molecule has 1 rings (SSSR count). The number of rotatable bonds is 5. The zero-order valence-electron chi connectivity index (χ0n) is 10.6. The van der Waals surface area contributed by atoms with E-state index in [2.05, 4.69) is 20.0 Å². The van der Waals surface area contributed by atoms with Crippen molar-refractivity contribution in [3.8, 4) is 5.75 Å². The molecule has 3 nitrogen and oxygen atoms in total. The molecule has 0 saturated carbocycles. The van der Waals surface area contributed by atoms with Gasteiger partial charge >= 0.3 is 5.97 Å². The lowest BCUT2D eigenvalue weighted by Crippen LogP contribution is -2.15. The molecule has 1 aromatic carbocycles. The Bertz CT molecular complexity index is 359. The summed E-state index contributed by atoms with van der Waals surface area (Å²) in [6, 6.07) is 7.30. The summed E-state index contributed by atoms with van der Waals surface area (Å²) in [4.78, 5) is 11.7. The van der Waals surface area contributed by atoms with Gasteiger partial charge < -0.3 is 9.84 Å². The maximum absolute atomic E-state index is 11.7. The smallest absolute Gasteiger partial charge is 0.338 e. The van der Waals surface area contributed by atoms with Crippen LogP contribution >= 0.6 is 0 Å². The SMILES string of the molecule is CC(COC(=O)c1ccc(O)cc1)C[SiH](C)C. The number of carbonyl (C=O) groups is 1. The van der Waals surface area contributed by atoms with Crippen LogP contribution in [0.2, 0.25) is 19.1 Å². The van der Waals surface area contributed by atoms with E-state index in [4.69, 9.17) is 9.84 Å². The van der Waals surface area contributed by atoms with Gasteiger partial charge in [0.2, 0.25) is 0 Å². The van der Waals surface area contributed by atoms with Crippen molar-refractivity contribution in [3.05, 3.63) is 29.8 Å². The Labute approximate surface area is 104 Å². The Morgan fingerprint density at radius 3 is 2.47 bits per heavy atom. The summed E-state index contributed by atoms with van der Waals surface area (Å²) in [5.41, 5.74) is 0.483. The van der Waals surface area contributed by atoms with Gasteiger partial charge in [-0.15, -0.1) is 0 Å². The van der Waals surface area contributed by atoms with Gasteiger partial charge in [-0.2, -0.15) is 0 Å². The third-order valence-corrected chi connectivity index (χ3v) is 4.22. The van der Waals surface area contributed by atoms with Crippen molar-refractivity contribution >= 4 is 14.8 Å². The predicted molar refractivity (Wildman–Crippen MR) is 71.2 cm³/mol. The predicted octanol–water partition coefficient (Wildman–Crippen LogP) is 2.67. The lowest BCUT2D eigenvalue weighted by atomic mass is 10.2. The molecule has 17 heavy (non-hydrogen) atoms. The monoisotopic (exact) mass is 252 g/mol. The van der Waals surface area contributed by atoms with Crippen molar-refractivity contribution in [2.24, 2.45) is 5.92 Å². The second-order valence-electron chi connectivity index (χ2n) is 4.88. The van der Waals surface area contributed by atoms with Gasteiger partial charge in [0.1, 0.15) is 5.75 Å². The molecule has 0 bridgehead atoms. The third kappa shape index (κ3) is 5.04. The highest BCUT2D eigenvalue weighted by molar-refractivity contribution is 6.55. The van der Waals surface area contributed by atoms with Gasteiger partial charge in [-0.25, -0.2) is 4.79 Å². The Hall–Kier alpha value is -1.29. The highest BCUT2D eigenvalue weighted by Gasteiger charge is 2.11. The molecule has 94 valence electrons. The topological polar surface area (TPSA) is 46.5 Å². The van der Waals surface area contributed by atoms with Gasteiger partial charge in [-0.05, 0) is 30.2 Å². The van der Waals surface area contributed by atoms with Crippen molar-refractivity contribution in [1.82, 2.24) is 0 Å². The maximum Gasteiger partial charge on any atom is 0.338 e. The van der Waals surface area contributed by atoms with E-state index in [1.54, 1.807) is 12.1 Å². The average Bonchev–Trinajstić information content (AvgIpc) is 2.26. The molecule has 0 aliphatic heterocycles. The highest BCUT2D eigenvalue weighted by atomic mass is 28.3. The first-order chi connectivity index (χ1) is 7.99. The number of phenolic OH excluding ortho intramolecular Hbond substituents is 1. The van der Waals surface area contributed by atoms with Crippen LogP contribution in [0.3, 0.4) is 0 Å². The number of esters is 1. The first-order valence-electron chi connectivity index (χ1n) is 5.95. The van der Waals surface area contributed by atoms with Gasteiger partial charge in [-0.1, -0.05) is 26.1 Å². The van der Waals surface area contributed by atoms with Gasteiger partial charge in [0.25, 0.3) is 0 Å². The minimum Gasteiger partial charge on any atom is -0.508 e. The number of carbonyl (C=O) groups excluding carboxylic acids is 1. The molecule has 0 saturated heterocycles. The zero-order valence-corrected chi connectivity index (χ0v) is 11.8. The quantitative estimate of drug-likeness (QED) is 0.647. The normalized spacial score (nSPS) is 12.5. The van der Waals surface area contributed by atoms with E-state index in [-0.39, 0.29) is 11.7 Å². The molecule has 0 amide bonds. The van der Waals surface area contributed by atoms with Crippen LogP contribution in [0.25, 0.3) is 0 Å². The molecule has 1 N–H and O–H groups in total. The van der Waals surface area contributed by atoms with Crippen LogP contribution in [0, 0.1) is 5.92 Å². The Kier molecular flexibility index (Phi) is 5.22. The summed E-state index contributed by atoms with van der Waals surface area (Å²) in [5.74, 6) is 0.269. The number of ether oxygens (including phenoxy) is 1. The van der Waals surface area contributed by atoms with Gasteiger partial charge in [-0.3, -0.25) is 0 Å². The van der Waals surface area contributed by atoms with E-state index in [1.165, 1.54) is 18.2 Å². The van der Waals surface area contributed by atoms with Crippen molar-refractivity contribution in [3.63, 3.8) is 0 Å². The van der Waals surface area contributed by atoms with Crippen LogP contribution in [0.4, 0.5) is 0 Å². The molecule has 0 spiro atoms. The minimum atomic E-state index is -0.596. The second-order valence-corrected chi connectivity index (χ2v) is 8.14. The second kappa shape index (κ2) is 6.44. The van der Waals surface area contributed by atoms with E-state index in [1.807, 2.05) is 0 Å². The van der Waals surface area contributed by atoms with Gasteiger partial charge in [0.15, 0.2) is 0 Å². The van der Waals surface area contributed by atoms with E-state index >= 15 is 0 Å². The average molecular weight is 252 g/mol. The van der Waals surface area contributed by atoms with E-state index in [9.17, 15) is 4.79 Å². The summed E-state index contributed by atoms with van der Waals surface area (Å²) >= 11 is 0. The van der Waals surface area contributed by atoms with Crippen LogP contribution < -0.4 is 0 Å². The first kappa shape index (κ1) is 13.8. The summed E-state index contributed by atoms with van der Waals surface area (Å²) in [6.07, 6.45) is 0. The Balaban J connectivity index is 2.42. The highest BCUT2D eigenvalue weighted by Crippen LogP contribution is 2.12. The molecule has 4 heteroatoms. The van der Waals surface area contributed by atoms with Crippen LogP contribution in [-0.2, 0) is 4.74 Å². The fourth-order valence-corrected chi connectivity index (χ4v) is 3.52. The Morgan fingerprint density at radius 1 is 1.35 bits per heavy atom. The van der Waals surface area contributed by atoms with Gasteiger partial charge in [0, 0.05) is 8.80 Å². The number of hydrogen-bond donors (Lipinski definition) is 1. The summed E-state index contributed by atoms with van der Waals surface area (Å²) < 4.78 is 5.23. The number of benzene rings is 1.